The van der Waals surface area contributed by atoms with E-state index >= 15 is 0 Å². The van der Waals surface area contributed by atoms with Gasteiger partial charge in [0.25, 0.3) is 0 Å². The van der Waals surface area contributed by atoms with Crippen LogP contribution in [0.15, 0.2) is 0 Å². The van der Waals surface area contributed by atoms with Crippen LogP contribution < -0.4 is 0 Å². The first-order chi connectivity index (χ1) is 9.06. The largest absolute Gasteiger partial charge is 0.480 e. The molecule has 1 N–H and O–H groups in total. The fourth-order valence-corrected chi connectivity index (χ4v) is 3.11. The lowest BCUT2D eigenvalue weighted by Crippen LogP contribution is -2.57. The van der Waals surface area contributed by atoms with Crippen LogP contribution in [-0.2, 0) is 9.53 Å². The Balaban J connectivity index is 2.07. The highest BCUT2D eigenvalue weighted by atomic mass is 16.5. The summed E-state index contributed by atoms with van der Waals surface area (Å²) in [6.45, 7) is 2.88. The molecular weight excluding hydrogens is 248 g/mol. The standard InChI is InChI=1S/C13H22N2O4/c1-3-9(12(16)17)14(2)13(18)15-7-8-19-11-6-4-5-10(11)15/h9-11H,3-8H2,1-2H3,(H,16,17). The summed E-state index contributed by atoms with van der Waals surface area (Å²) < 4.78 is 5.67. The van der Waals surface area contributed by atoms with Crippen LogP contribution in [0.1, 0.15) is 32.6 Å². The molecule has 1 heterocycles. The molecule has 1 aliphatic carbocycles. The molecule has 6 heteroatoms. The van der Waals surface area contributed by atoms with Crippen molar-refractivity contribution in [2.24, 2.45) is 0 Å². The molecule has 1 aliphatic heterocycles. The van der Waals surface area contributed by atoms with Crippen molar-refractivity contribution in [2.45, 2.75) is 50.8 Å². The number of amides is 2. The van der Waals surface area contributed by atoms with Crippen molar-refractivity contribution in [1.29, 1.82) is 0 Å². The van der Waals surface area contributed by atoms with Gasteiger partial charge in [0.1, 0.15) is 6.04 Å². The first-order valence-corrected chi connectivity index (χ1v) is 6.94. The number of urea groups is 1. The summed E-state index contributed by atoms with van der Waals surface area (Å²) in [5, 5.41) is 9.14. The Morgan fingerprint density at radius 2 is 2.21 bits per heavy atom. The lowest BCUT2D eigenvalue weighted by molar-refractivity contribution is -0.142. The zero-order valence-electron chi connectivity index (χ0n) is 11.5. The second-order valence-electron chi connectivity index (χ2n) is 5.26. The normalized spacial score (nSPS) is 27.8. The Morgan fingerprint density at radius 3 is 2.84 bits per heavy atom. The van der Waals surface area contributed by atoms with Gasteiger partial charge < -0.3 is 19.6 Å². The highest BCUT2D eigenvalue weighted by Gasteiger charge is 2.40. The first-order valence-electron chi connectivity index (χ1n) is 6.94. The average molecular weight is 270 g/mol. The first kappa shape index (κ1) is 14.1. The minimum Gasteiger partial charge on any atom is -0.480 e. The smallest absolute Gasteiger partial charge is 0.326 e. The molecule has 3 atom stereocenters. The molecule has 108 valence electrons. The Bertz CT molecular complexity index is 361. The van der Waals surface area contributed by atoms with Crippen LogP contribution in [-0.4, -0.2) is 65.3 Å². The number of fused-ring (bicyclic) bond motifs is 1. The predicted octanol–water partition coefficient (Wildman–Crippen LogP) is 1.15. The average Bonchev–Trinajstić information content (AvgIpc) is 2.86. The second-order valence-corrected chi connectivity index (χ2v) is 5.26. The predicted molar refractivity (Wildman–Crippen MR) is 69.0 cm³/mol. The van der Waals surface area contributed by atoms with E-state index < -0.39 is 12.0 Å². The maximum absolute atomic E-state index is 12.5. The molecule has 1 saturated heterocycles. The fraction of sp³-hybridized carbons (Fsp3) is 0.846. The zero-order chi connectivity index (χ0) is 14.0. The van der Waals surface area contributed by atoms with Crippen LogP contribution in [0.2, 0.25) is 0 Å². The van der Waals surface area contributed by atoms with E-state index in [9.17, 15) is 9.59 Å². The highest BCUT2D eigenvalue weighted by molar-refractivity contribution is 5.82. The molecule has 2 amide bonds. The molecule has 0 aromatic carbocycles. The van der Waals surface area contributed by atoms with Gasteiger partial charge in [-0.1, -0.05) is 6.92 Å². The number of rotatable bonds is 3. The number of hydrogen-bond donors (Lipinski definition) is 1. The minimum atomic E-state index is -0.949. The summed E-state index contributed by atoms with van der Waals surface area (Å²) in [6.07, 6.45) is 3.56. The zero-order valence-corrected chi connectivity index (χ0v) is 11.5. The summed E-state index contributed by atoms with van der Waals surface area (Å²) in [4.78, 5) is 26.8. The molecule has 0 spiro atoms. The maximum Gasteiger partial charge on any atom is 0.326 e. The lowest BCUT2D eigenvalue weighted by atomic mass is 10.1. The third-order valence-corrected chi connectivity index (χ3v) is 4.17. The van der Waals surface area contributed by atoms with E-state index in [-0.39, 0.29) is 18.2 Å². The summed E-state index contributed by atoms with van der Waals surface area (Å²) in [5.74, 6) is -0.949. The molecule has 2 rings (SSSR count). The fourth-order valence-electron chi connectivity index (χ4n) is 3.11. The number of likely N-dealkylation sites (N-methyl/N-ethyl adjacent to an activating group) is 1. The number of nitrogens with zero attached hydrogens (tertiary/aromatic N) is 2. The molecule has 6 nitrogen and oxygen atoms in total. The van der Waals surface area contributed by atoms with Crippen molar-refractivity contribution in [2.75, 3.05) is 20.2 Å². The van der Waals surface area contributed by atoms with Gasteiger partial charge in [0.2, 0.25) is 0 Å². The van der Waals surface area contributed by atoms with Gasteiger partial charge in [0, 0.05) is 13.6 Å². The van der Waals surface area contributed by atoms with Crippen LogP contribution in [0.3, 0.4) is 0 Å². The quantitative estimate of drug-likeness (QED) is 0.835. The molecule has 1 saturated carbocycles. The number of aliphatic carboxylic acids is 1. The van der Waals surface area contributed by atoms with Gasteiger partial charge in [-0.3, -0.25) is 0 Å². The molecule has 3 unspecified atom stereocenters. The number of carbonyl (C=O) groups excluding carboxylic acids is 1. The molecular formula is C13H22N2O4. The third-order valence-electron chi connectivity index (χ3n) is 4.17. The van der Waals surface area contributed by atoms with Gasteiger partial charge in [0.05, 0.1) is 18.8 Å². The highest BCUT2D eigenvalue weighted by Crippen LogP contribution is 2.30. The Labute approximate surface area is 113 Å². The molecule has 0 bridgehead atoms. The van der Waals surface area contributed by atoms with Crippen molar-refractivity contribution >= 4 is 12.0 Å². The summed E-state index contributed by atoms with van der Waals surface area (Å²) >= 11 is 0. The van der Waals surface area contributed by atoms with Crippen LogP contribution in [0.25, 0.3) is 0 Å². The monoisotopic (exact) mass is 270 g/mol. The van der Waals surface area contributed by atoms with Crippen molar-refractivity contribution < 1.29 is 19.4 Å². The van der Waals surface area contributed by atoms with E-state index in [1.54, 1.807) is 18.9 Å². The number of carboxylic acid groups (broad SMARTS) is 1. The van der Waals surface area contributed by atoms with E-state index in [0.29, 0.717) is 19.6 Å². The SMILES string of the molecule is CCC(C(=O)O)N(C)C(=O)N1CCOC2CCCC21. The van der Waals surface area contributed by atoms with Gasteiger partial charge >= 0.3 is 12.0 Å². The molecule has 19 heavy (non-hydrogen) atoms. The van der Waals surface area contributed by atoms with E-state index in [1.807, 2.05) is 0 Å². The van der Waals surface area contributed by atoms with Gasteiger partial charge in [-0.25, -0.2) is 9.59 Å². The van der Waals surface area contributed by atoms with Crippen LogP contribution >= 0.6 is 0 Å². The molecule has 0 aromatic heterocycles. The third kappa shape index (κ3) is 2.68. The van der Waals surface area contributed by atoms with Crippen LogP contribution in [0.4, 0.5) is 4.79 Å². The van der Waals surface area contributed by atoms with Gasteiger partial charge in [0.15, 0.2) is 0 Å². The number of ether oxygens (including phenoxy) is 1. The van der Waals surface area contributed by atoms with E-state index in [0.717, 1.165) is 19.3 Å². The second kappa shape index (κ2) is 5.77. The van der Waals surface area contributed by atoms with Crippen molar-refractivity contribution in [3.8, 4) is 0 Å². The Morgan fingerprint density at radius 1 is 1.47 bits per heavy atom. The van der Waals surface area contributed by atoms with Crippen molar-refractivity contribution in [3.63, 3.8) is 0 Å². The van der Waals surface area contributed by atoms with Gasteiger partial charge in [-0.15, -0.1) is 0 Å². The van der Waals surface area contributed by atoms with E-state index in [2.05, 4.69) is 0 Å². The summed E-state index contributed by atoms with van der Waals surface area (Å²) in [5.41, 5.74) is 0. The van der Waals surface area contributed by atoms with Gasteiger partial charge in [-0.2, -0.15) is 0 Å². The molecule has 0 radical (unpaired) electrons. The van der Waals surface area contributed by atoms with Crippen LogP contribution in [0, 0.1) is 0 Å². The molecule has 0 aromatic rings. The lowest BCUT2D eigenvalue weighted by Gasteiger charge is -2.40. The number of hydrogen-bond acceptors (Lipinski definition) is 3. The van der Waals surface area contributed by atoms with Crippen molar-refractivity contribution in [1.82, 2.24) is 9.80 Å². The number of carboxylic acids is 1. The van der Waals surface area contributed by atoms with Crippen molar-refractivity contribution in [3.05, 3.63) is 0 Å². The number of carbonyl (C=O) groups is 2. The number of morpholine rings is 1. The Kier molecular flexibility index (Phi) is 4.29. The summed E-state index contributed by atoms with van der Waals surface area (Å²) in [7, 11) is 1.57. The maximum atomic E-state index is 12.5. The Hall–Kier alpha value is -1.30. The molecule has 2 aliphatic rings. The van der Waals surface area contributed by atoms with Gasteiger partial charge in [-0.05, 0) is 25.7 Å². The minimum absolute atomic E-state index is 0.120. The topological polar surface area (TPSA) is 70.1 Å². The van der Waals surface area contributed by atoms with E-state index in [1.165, 1.54) is 4.90 Å². The van der Waals surface area contributed by atoms with Crippen LogP contribution in [0.5, 0.6) is 0 Å². The summed E-state index contributed by atoms with van der Waals surface area (Å²) in [6, 6.07) is -0.820. The molecule has 2 fully saturated rings. The van der Waals surface area contributed by atoms with E-state index in [4.69, 9.17) is 9.84 Å².